The van der Waals surface area contributed by atoms with Crippen LogP contribution in [-0.2, 0) is 9.53 Å². The van der Waals surface area contributed by atoms with E-state index in [0.29, 0.717) is 49.2 Å². The Morgan fingerprint density at radius 1 is 1.16 bits per heavy atom. The van der Waals surface area contributed by atoms with Crippen LogP contribution >= 0.6 is 0 Å². The van der Waals surface area contributed by atoms with Crippen molar-refractivity contribution in [3.05, 3.63) is 58.2 Å². The van der Waals surface area contributed by atoms with Gasteiger partial charge >= 0.3 is 0 Å². The number of carbonyl (C=O) groups is 1. The smallest absolute Gasteiger partial charge is 0.276 e. The minimum absolute atomic E-state index is 0.0694. The van der Waals surface area contributed by atoms with E-state index in [2.05, 4.69) is 10.2 Å². The SMILES string of the molecule is CCOc1cc(N2CCOCC2)c(OCC)cc1NC(=O)/C=C/c1ccccc1[N+](=O)[O-]. The molecule has 2 aromatic carbocycles. The van der Waals surface area contributed by atoms with Crippen molar-refractivity contribution in [3.8, 4) is 11.5 Å². The van der Waals surface area contributed by atoms with Gasteiger partial charge in [-0.3, -0.25) is 14.9 Å². The highest BCUT2D eigenvalue weighted by Gasteiger charge is 2.20. The quantitative estimate of drug-likeness (QED) is 0.358. The molecule has 9 nitrogen and oxygen atoms in total. The summed E-state index contributed by atoms with van der Waals surface area (Å²) in [5.41, 5.74) is 1.62. The second kappa shape index (κ2) is 11.1. The topological polar surface area (TPSA) is 103 Å². The number of hydrogen-bond donors (Lipinski definition) is 1. The number of nitro groups is 1. The maximum atomic E-state index is 12.6. The molecule has 0 spiro atoms. The van der Waals surface area contributed by atoms with Crippen molar-refractivity contribution < 1.29 is 23.9 Å². The van der Waals surface area contributed by atoms with Crippen molar-refractivity contribution >= 4 is 29.0 Å². The maximum Gasteiger partial charge on any atom is 0.276 e. The van der Waals surface area contributed by atoms with Gasteiger partial charge in [0.1, 0.15) is 11.5 Å². The molecule has 9 heteroatoms. The zero-order valence-electron chi connectivity index (χ0n) is 18.2. The predicted molar refractivity (Wildman–Crippen MR) is 123 cm³/mol. The zero-order valence-corrected chi connectivity index (χ0v) is 18.2. The van der Waals surface area contributed by atoms with Crippen LogP contribution < -0.4 is 19.7 Å². The average Bonchev–Trinajstić information content (AvgIpc) is 2.80. The highest BCUT2D eigenvalue weighted by atomic mass is 16.6. The molecular weight excluding hydrogens is 414 g/mol. The van der Waals surface area contributed by atoms with E-state index in [1.54, 1.807) is 24.3 Å². The Morgan fingerprint density at radius 3 is 2.53 bits per heavy atom. The second-order valence-corrected chi connectivity index (χ2v) is 6.92. The Balaban J connectivity index is 1.86. The molecule has 0 atom stereocenters. The fraction of sp³-hybridized carbons (Fsp3) is 0.348. The molecule has 0 radical (unpaired) electrons. The molecule has 3 rings (SSSR count). The van der Waals surface area contributed by atoms with Crippen molar-refractivity contribution in [1.29, 1.82) is 0 Å². The summed E-state index contributed by atoms with van der Waals surface area (Å²) in [5, 5.41) is 14.0. The normalized spacial score (nSPS) is 13.8. The lowest BCUT2D eigenvalue weighted by Crippen LogP contribution is -2.36. The molecule has 1 fully saturated rings. The Bertz CT molecular complexity index is 986. The van der Waals surface area contributed by atoms with Crippen LogP contribution in [0.25, 0.3) is 6.08 Å². The molecule has 0 saturated carbocycles. The van der Waals surface area contributed by atoms with Gasteiger partial charge in [-0.1, -0.05) is 12.1 Å². The number of nitrogens with one attached hydrogen (secondary N) is 1. The minimum atomic E-state index is -0.483. The minimum Gasteiger partial charge on any atom is -0.492 e. The Morgan fingerprint density at radius 2 is 1.84 bits per heavy atom. The van der Waals surface area contributed by atoms with Crippen LogP contribution in [0.1, 0.15) is 19.4 Å². The molecule has 1 saturated heterocycles. The summed E-state index contributed by atoms with van der Waals surface area (Å²) in [6.45, 7) is 7.38. The molecule has 1 heterocycles. The summed E-state index contributed by atoms with van der Waals surface area (Å²) < 4.78 is 17.1. The lowest BCUT2D eigenvalue weighted by molar-refractivity contribution is -0.385. The van der Waals surface area contributed by atoms with Crippen molar-refractivity contribution in [3.63, 3.8) is 0 Å². The van der Waals surface area contributed by atoms with E-state index in [-0.39, 0.29) is 5.69 Å². The molecule has 1 aliphatic rings. The molecule has 32 heavy (non-hydrogen) atoms. The number of morpholine rings is 1. The van der Waals surface area contributed by atoms with Gasteiger partial charge in [-0.05, 0) is 26.0 Å². The van der Waals surface area contributed by atoms with Gasteiger partial charge in [0, 0.05) is 37.4 Å². The third-order valence-electron chi connectivity index (χ3n) is 4.82. The first-order chi connectivity index (χ1) is 15.5. The molecule has 0 bridgehead atoms. The number of benzene rings is 2. The number of hydrogen-bond acceptors (Lipinski definition) is 7. The number of carbonyl (C=O) groups excluding carboxylic acids is 1. The van der Waals surface area contributed by atoms with E-state index in [4.69, 9.17) is 14.2 Å². The summed E-state index contributed by atoms with van der Waals surface area (Å²) in [7, 11) is 0. The number of anilines is 2. The zero-order chi connectivity index (χ0) is 22.9. The number of nitro benzene ring substituents is 1. The van der Waals surface area contributed by atoms with Crippen LogP contribution in [0.4, 0.5) is 17.1 Å². The fourth-order valence-electron chi connectivity index (χ4n) is 3.38. The van der Waals surface area contributed by atoms with Crippen molar-refractivity contribution in [1.82, 2.24) is 0 Å². The lowest BCUT2D eigenvalue weighted by atomic mass is 10.1. The summed E-state index contributed by atoms with van der Waals surface area (Å²) >= 11 is 0. The second-order valence-electron chi connectivity index (χ2n) is 6.92. The van der Waals surface area contributed by atoms with E-state index >= 15 is 0 Å². The number of ether oxygens (including phenoxy) is 3. The van der Waals surface area contributed by atoms with Gasteiger partial charge in [-0.25, -0.2) is 0 Å². The largest absolute Gasteiger partial charge is 0.492 e. The Kier molecular flexibility index (Phi) is 8.04. The van der Waals surface area contributed by atoms with Gasteiger partial charge in [-0.15, -0.1) is 0 Å². The van der Waals surface area contributed by atoms with Gasteiger partial charge in [-0.2, -0.15) is 0 Å². The summed E-state index contributed by atoms with van der Waals surface area (Å²) in [6.07, 6.45) is 2.67. The van der Waals surface area contributed by atoms with Crippen LogP contribution in [0.3, 0.4) is 0 Å². The number of nitrogens with zero attached hydrogens (tertiary/aromatic N) is 2. The van der Waals surface area contributed by atoms with Crippen molar-refractivity contribution in [2.75, 3.05) is 49.7 Å². The van der Waals surface area contributed by atoms with E-state index in [0.717, 1.165) is 18.8 Å². The molecule has 170 valence electrons. The van der Waals surface area contributed by atoms with Gasteiger partial charge < -0.3 is 24.4 Å². The van der Waals surface area contributed by atoms with Gasteiger partial charge in [0.15, 0.2) is 0 Å². The molecule has 1 amide bonds. The van der Waals surface area contributed by atoms with Crippen LogP contribution in [0.5, 0.6) is 11.5 Å². The van der Waals surface area contributed by atoms with E-state index in [1.807, 2.05) is 19.9 Å². The van der Waals surface area contributed by atoms with E-state index in [1.165, 1.54) is 18.2 Å². The third-order valence-corrected chi connectivity index (χ3v) is 4.82. The number of amides is 1. The third kappa shape index (κ3) is 5.76. The predicted octanol–water partition coefficient (Wildman–Crippen LogP) is 3.88. The summed E-state index contributed by atoms with van der Waals surface area (Å²) in [4.78, 5) is 25.4. The lowest BCUT2D eigenvalue weighted by Gasteiger charge is -2.31. The molecule has 0 unspecified atom stereocenters. The fourth-order valence-corrected chi connectivity index (χ4v) is 3.38. The van der Waals surface area contributed by atoms with E-state index in [9.17, 15) is 14.9 Å². The Hall–Kier alpha value is -3.59. The number of rotatable bonds is 9. The monoisotopic (exact) mass is 441 g/mol. The standard InChI is InChI=1S/C23H27N3O6/c1-3-31-21-16-20(25-11-13-30-14-12-25)22(32-4-2)15-18(21)24-23(27)10-9-17-7-5-6-8-19(17)26(28)29/h5-10,15-16H,3-4,11-14H2,1-2H3,(H,24,27)/b10-9+. The van der Waals surface area contributed by atoms with E-state index < -0.39 is 10.8 Å². The van der Waals surface area contributed by atoms with Gasteiger partial charge in [0.25, 0.3) is 5.69 Å². The molecule has 1 N–H and O–H groups in total. The molecule has 2 aromatic rings. The first kappa shape index (κ1) is 23.1. The van der Waals surface area contributed by atoms with Gasteiger partial charge in [0.05, 0.1) is 48.3 Å². The summed E-state index contributed by atoms with van der Waals surface area (Å²) in [5.74, 6) is 0.714. The number of para-hydroxylation sites is 1. The molecule has 1 aliphatic heterocycles. The first-order valence-corrected chi connectivity index (χ1v) is 10.5. The Labute approximate surface area is 186 Å². The molecule has 0 aromatic heterocycles. The van der Waals surface area contributed by atoms with Crippen molar-refractivity contribution in [2.24, 2.45) is 0 Å². The van der Waals surface area contributed by atoms with Crippen LogP contribution in [-0.4, -0.2) is 50.3 Å². The average molecular weight is 441 g/mol. The van der Waals surface area contributed by atoms with Crippen molar-refractivity contribution in [2.45, 2.75) is 13.8 Å². The van der Waals surface area contributed by atoms with Crippen LogP contribution in [0, 0.1) is 10.1 Å². The summed E-state index contributed by atoms with van der Waals surface area (Å²) in [6, 6.07) is 9.84. The molecular formula is C23H27N3O6. The van der Waals surface area contributed by atoms with Gasteiger partial charge in [0.2, 0.25) is 5.91 Å². The maximum absolute atomic E-state index is 12.6. The van der Waals surface area contributed by atoms with Crippen LogP contribution in [0.2, 0.25) is 0 Å². The first-order valence-electron chi connectivity index (χ1n) is 10.5. The van der Waals surface area contributed by atoms with Crippen LogP contribution in [0.15, 0.2) is 42.5 Å². The molecule has 0 aliphatic carbocycles. The highest BCUT2D eigenvalue weighted by Crippen LogP contribution is 2.39. The highest BCUT2D eigenvalue weighted by molar-refractivity contribution is 6.03.